The Bertz CT molecular complexity index is 474. The fraction of sp³-hybridized carbons (Fsp3) is 0.429. The second kappa shape index (κ2) is 5.40. The third-order valence-electron chi connectivity index (χ3n) is 3.97. The van der Waals surface area contributed by atoms with E-state index < -0.39 is 29.8 Å². The van der Waals surface area contributed by atoms with Gasteiger partial charge in [-0.05, 0) is 30.2 Å². The first-order valence-corrected chi connectivity index (χ1v) is 6.28. The van der Waals surface area contributed by atoms with E-state index in [1.165, 1.54) is 0 Å². The molecule has 5 heteroatoms. The highest BCUT2D eigenvalue weighted by atomic mass is 16.4. The highest BCUT2D eigenvalue weighted by Crippen LogP contribution is 2.44. The van der Waals surface area contributed by atoms with Gasteiger partial charge in [-0.25, -0.2) is 0 Å². The molecular formula is C14H17NO4. The molecule has 102 valence electrons. The van der Waals surface area contributed by atoms with E-state index in [9.17, 15) is 14.7 Å². The summed E-state index contributed by atoms with van der Waals surface area (Å²) in [7, 11) is 0. The second-order valence-corrected chi connectivity index (χ2v) is 4.99. The van der Waals surface area contributed by atoms with Crippen LogP contribution in [0, 0.1) is 11.8 Å². The van der Waals surface area contributed by atoms with Gasteiger partial charge in [-0.1, -0.05) is 30.3 Å². The largest absolute Gasteiger partial charge is 0.481 e. The van der Waals surface area contributed by atoms with Gasteiger partial charge >= 0.3 is 11.9 Å². The van der Waals surface area contributed by atoms with Crippen molar-refractivity contribution in [2.75, 3.05) is 0 Å². The Morgan fingerprint density at radius 2 is 1.79 bits per heavy atom. The topological polar surface area (TPSA) is 101 Å². The Labute approximate surface area is 111 Å². The Kier molecular flexibility index (Phi) is 3.85. The quantitative estimate of drug-likeness (QED) is 0.760. The van der Waals surface area contributed by atoms with Gasteiger partial charge in [0.15, 0.2) is 0 Å². The number of carboxylic acids is 2. The predicted molar refractivity (Wildman–Crippen MR) is 68.6 cm³/mol. The maximum absolute atomic E-state index is 11.5. The SMILES string of the molecule is N[C@@H](C(=O)O)C1CC[C@H](c2ccccc2)[C@H]1C(=O)O. The van der Waals surface area contributed by atoms with Gasteiger partial charge in [-0.15, -0.1) is 0 Å². The molecule has 0 aliphatic heterocycles. The van der Waals surface area contributed by atoms with Crippen molar-refractivity contribution in [3.05, 3.63) is 35.9 Å². The molecule has 4 N–H and O–H groups in total. The average molecular weight is 263 g/mol. The van der Waals surface area contributed by atoms with Gasteiger partial charge in [0.2, 0.25) is 0 Å². The average Bonchev–Trinajstić information content (AvgIpc) is 2.83. The van der Waals surface area contributed by atoms with Crippen LogP contribution in [0.5, 0.6) is 0 Å². The lowest BCUT2D eigenvalue weighted by molar-refractivity contribution is -0.146. The molecule has 0 amide bonds. The first kappa shape index (κ1) is 13.5. The first-order chi connectivity index (χ1) is 9.02. The zero-order chi connectivity index (χ0) is 14.0. The van der Waals surface area contributed by atoms with E-state index in [0.717, 1.165) is 5.56 Å². The van der Waals surface area contributed by atoms with E-state index in [0.29, 0.717) is 12.8 Å². The van der Waals surface area contributed by atoms with Gasteiger partial charge in [0.05, 0.1) is 5.92 Å². The number of rotatable bonds is 4. The lowest BCUT2D eigenvalue weighted by Crippen LogP contribution is -2.42. The molecule has 1 unspecified atom stereocenters. The highest BCUT2D eigenvalue weighted by Gasteiger charge is 2.46. The molecule has 1 saturated carbocycles. The van der Waals surface area contributed by atoms with E-state index in [-0.39, 0.29) is 5.92 Å². The third kappa shape index (κ3) is 2.61. The van der Waals surface area contributed by atoms with Crippen LogP contribution >= 0.6 is 0 Å². The van der Waals surface area contributed by atoms with Crippen LogP contribution in [0.2, 0.25) is 0 Å². The van der Waals surface area contributed by atoms with E-state index >= 15 is 0 Å². The van der Waals surface area contributed by atoms with Crippen molar-refractivity contribution in [3.63, 3.8) is 0 Å². The molecule has 0 aromatic heterocycles. The van der Waals surface area contributed by atoms with E-state index in [1.807, 2.05) is 30.3 Å². The van der Waals surface area contributed by atoms with Crippen LogP contribution in [0.4, 0.5) is 0 Å². The summed E-state index contributed by atoms with van der Waals surface area (Å²) in [5.41, 5.74) is 6.57. The summed E-state index contributed by atoms with van der Waals surface area (Å²) in [5.74, 6) is -3.50. The van der Waals surface area contributed by atoms with Crippen LogP contribution in [-0.4, -0.2) is 28.2 Å². The van der Waals surface area contributed by atoms with Crippen molar-refractivity contribution in [1.29, 1.82) is 0 Å². The minimum atomic E-state index is -1.13. The summed E-state index contributed by atoms with van der Waals surface area (Å²) in [4.78, 5) is 22.5. The van der Waals surface area contributed by atoms with Gasteiger partial charge in [0.1, 0.15) is 6.04 Å². The summed E-state index contributed by atoms with van der Waals surface area (Å²) in [6.07, 6.45) is 1.19. The third-order valence-corrected chi connectivity index (χ3v) is 3.97. The lowest BCUT2D eigenvalue weighted by Gasteiger charge is -2.23. The smallest absolute Gasteiger partial charge is 0.320 e. The lowest BCUT2D eigenvalue weighted by atomic mass is 9.82. The number of hydrogen-bond acceptors (Lipinski definition) is 3. The second-order valence-electron chi connectivity index (χ2n) is 4.99. The molecular weight excluding hydrogens is 246 g/mol. The molecule has 2 rings (SSSR count). The Morgan fingerprint density at radius 1 is 1.16 bits per heavy atom. The molecule has 1 aliphatic carbocycles. The molecule has 1 aromatic rings. The standard InChI is InChI=1S/C14H17NO4/c15-12(14(18)19)10-7-6-9(11(10)13(16)17)8-4-2-1-3-5-8/h1-5,9-12H,6-7,15H2,(H,16,17)(H,18,19)/t9-,10?,11-,12-/m1/s1. The van der Waals surface area contributed by atoms with Gasteiger partial charge in [-0.2, -0.15) is 0 Å². The summed E-state index contributed by atoms with van der Waals surface area (Å²) < 4.78 is 0. The van der Waals surface area contributed by atoms with Crippen molar-refractivity contribution in [1.82, 2.24) is 0 Å². The molecule has 0 saturated heterocycles. The Balaban J connectivity index is 2.28. The Hall–Kier alpha value is -1.88. The maximum atomic E-state index is 11.5. The van der Waals surface area contributed by atoms with E-state index in [2.05, 4.69) is 0 Å². The van der Waals surface area contributed by atoms with Gasteiger partial charge < -0.3 is 15.9 Å². The molecule has 4 atom stereocenters. The van der Waals surface area contributed by atoms with Crippen molar-refractivity contribution < 1.29 is 19.8 Å². The van der Waals surface area contributed by atoms with Crippen molar-refractivity contribution in [2.45, 2.75) is 24.8 Å². The van der Waals surface area contributed by atoms with Crippen molar-refractivity contribution >= 4 is 11.9 Å². The number of carboxylic acid groups (broad SMARTS) is 2. The fourth-order valence-electron chi connectivity index (χ4n) is 3.05. The molecule has 19 heavy (non-hydrogen) atoms. The number of carbonyl (C=O) groups is 2. The molecule has 0 bridgehead atoms. The number of hydrogen-bond donors (Lipinski definition) is 3. The number of nitrogens with two attached hydrogens (primary N) is 1. The van der Waals surface area contributed by atoms with Crippen LogP contribution in [0.25, 0.3) is 0 Å². The zero-order valence-corrected chi connectivity index (χ0v) is 10.4. The zero-order valence-electron chi connectivity index (χ0n) is 10.4. The maximum Gasteiger partial charge on any atom is 0.320 e. The minimum Gasteiger partial charge on any atom is -0.481 e. The fourth-order valence-corrected chi connectivity index (χ4v) is 3.05. The van der Waals surface area contributed by atoms with E-state index in [4.69, 9.17) is 10.8 Å². The predicted octanol–water partition coefficient (Wildman–Crippen LogP) is 1.29. The molecule has 1 aliphatic rings. The van der Waals surface area contributed by atoms with Crippen LogP contribution < -0.4 is 5.73 Å². The van der Waals surface area contributed by atoms with Gasteiger partial charge in [-0.3, -0.25) is 9.59 Å². The van der Waals surface area contributed by atoms with Crippen LogP contribution in [-0.2, 0) is 9.59 Å². The molecule has 0 heterocycles. The summed E-state index contributed by atoms with van der Waals surface area (Å²) in [5, 5.41) is 18.4. The van der Waals surface area contributed by atoms with Crippen molar-refractivity contribution in [2.24, 2.45) is 17.6 Å². The molecule has 0 radical (unpaired) electrons. The van der Waals surface area contributed by atoms with Crippen LogP contribution in [0.1, 0.15) is 24.3 Å². The molecule has 5 nitrogen and oxygen atoms in total. The summed E-state index contributed by atoms with van der Waals surface area (Å²) in [6.45, 7) is 0. The number of aliphatic carboxylic acids is 2. The normalized spacial score (nSPS) is 27.9. The highest BCUT2D eigenvalue weighted by molar-refractivity contribution is 5.77. The Morgan fingerprint density at radius 3 is 2.32 bits per heavy atom. The summed E-state index contributed by atoms with van der Waals surface area (Å²) >= 11 is 0. The molecule has 1 fully saturated rings. The molecule has 0 spiro atoms. The molecule has 1 aromatic carbocycles. The van der Waals surface area contributed by atoms with Gasteiger partial charge in [0.25, 0.3) is 0 Å². The van der Waals surface area contributed by atoms with E-state index in [1.54, 1.807) is 0 Å². The van der Waals surface area contributed by atoms with Crippen LogP contribution in [0.15, 0.2) is 30.3 Å². The monoisotopic (exact) mass is 263 g/mol. The minimum absolute atomic E-state index is 0.158. The first-order valence-electron chi connectivity index (χ1n) is 6.28. The number of benzene rings is 1. The van der Waals surface area contributed by atoms with Crippen molar-refractivity contribution in [3.8, 4) is 0 Å². The summed E-state index contributed by atoms with van der Waals surface area (Å²) in [6, 6.07) is 8.24. The van der Waals surface area contributed by atoms with Crippen LogP contribution in [0.3, 0.4) is 0 Å². The van der Waals surface area contributed by atoms with Gasteiger partial charge in [0, 0.05) is 0 Å².